The van der Waals surface area contributed by atoms with Crippen molar-refractivity contribution in [1.29, 1.82) is 0 Å². The molecule has 0 saturated carbocycles. The standard InChI is InChI=1S/C16H11F3IN3O/c1-9-2-3-13(24)11(6-9)12-7-10(20)8-15(22-12)23-14(4-5-21-23)16(17,18)19/h2-8,24H,1H3. The van der Waals surface area contributed by atoms with Gasteiger partial charge in [-0.05, 0) is 59.8 Å². The van der Waals surface area contributed by atoms with Crippen LogP contribution in [0.5, 0.6) is 5.75 Å². The molecule has 1 N–H and O–H groups in total. The van der Waals surface area contributed by atoms with Crippen LogP contribution in [-0.4, -0.2) is 19.9 Å². The lowest BCUT2D eigenvalue weighted by Crippen LogP contribution is -2.14. The average molecular weight is 445 g/mol. The van der Waals surface area contributed by atoms with Crippen molar-refractivity contribution in [1.82, 2.24) is 14.8 Å². The number of phenols is 1. The number of aryl methyl sites for hydroxylation is 1. The number of hydrogen-bond acceptors (Lipinski definition) is 3. The smallest absolute Gasteiger partial charge is 0.433 e. The third-order valence-electron chi connectivity index (χ3n) is 3.35. The number of aromatic hydroxyl groups is 1. The van der Waals surface area contributed by atoms with Crippen molar-refractivity contribution in [2.45, 2.75) is 13.1 Å². The van der Waals surface area contributed by atoms with Crippen LogP contribution in [0, 0.1) is 10.5 Å². The number of rotatable bonds is 2. The van der Waals surface area contributed by atoms with E-state index in [9.17, 15) is 18.3 Å². The molecule has 0 radical (unpaired) electrons. The first kappa shape index (κ1) is 16.7. The summed E-state index contributed by atoms with van der Waals surface area (Å²) in [4.78, 5) is 4.26. The van der Waals surface area contributed by atoms with E-state index in [1.165, 1.54) is 12.1 Å². The number of nitrogens with zero attached hydrogens (tertiary/aromatic N) is 3. The fourth-order valence-corrected chi connectivity index (χ4v) is 2.86. The van der Waals surface area contributed by atoms with Crippen molar-refractivity contribution in [2.75, 3.05) is 0 Å². The number of hydrogen-bond donors (Lipinski definition) is 1. The second kappa shape index (κ2) is 6.08. The van der Waals surface area contributed by atoms with Gasteiger partial charge in [-0.1, -0.05) is 11.6 Å². The number of alkyl halides is 3. The van der Waals surface area contributed by atoms with E-state index in [0.717, 1.165) is 22.5 Å². The molecule has 2 aromatic heterocycles. The van der Waals surface area contributed by atoms with E-state index in [0.29, 0.717) is 14.8 Å². The maximum absolute atomic E-state index is 13.1. The zero-order valence-electron chi connectivity index (χ0n) is 12.3. The van der Waals surface area contributed by atoms with Gasteiger partial charge in [0.15, 0.2) is 5.82 Å². The van der Waals surface area contributed by atoms with Gasteiger partial charge in [0.25, 0.3) is 0 Å². The Labute approximate surface area is 149 Å². The molecule has 0 unspecified atom stereocenters. The third kappa shape index (κ3) is 3.23. The molecule has 2 heterocycles. The molecule has 3 aromatic rings. The highest BCUT2D eigenvalue weighted by atomic mass is 127. The highest BCUT2D eigenvalue weighted by molar-refractivity contribution is 14.1. The van der Waals surface area contributed by atoms with Crippen molar-refractivity contribution in [3.05, 3.63) is 57.4 Å². The molecule has 124 valence electrons. The van der Waals surface area contributed by atoms with Gasteiger partial charge in [-0.15, -0.1) is 0 Å². The van der Waals surface area contributed by atoms with Crippen molar-refractivity contribution in [2.24, 2.45) is 0 Å². The Morgan fingerprint density at radius 1 is 1.12 bits per heavy atom. The minimum absolute atomic E-state index is 0.0116. The van der Waals surface area contributed by atoms with Crippen LogP contribution in [0.2, 0.25) is 0 Å². The molecule has 0 bridgehead atoms. The van der Waals surface area contributed by atoms with Crippen LogP contribution in [0.4, 0.5) is 13.2 Å². The molecule has 3 rings (SSSR count). The Morgan fingerprint density at radius 2 is 1.88 bits per heavy atom. The van der Waals surface area contributed by atoms with Crippen LogP contribution < -0.4 is 0 Å². The van der Waals surface area contributed by atoms with E-state index in [1.807, 2.05) is 29.5 Å². The first-order chi connectivity index (χ1) is 11.3. The van der Waals surface area contributed by atoms with Gasteiger partial charge in [-0.3, -0.25) is 0 Å². The molecule has 0 aliphatic rings. The molecule has 24 heavy (non-hydrogen) atoms. The van der Waals surface area contributed by atoms with E-state index in [2.05, 4.69) is 10.1 Å². The predicted molar refractivity (Wildman–Crippen MR) is 90.9 cm³/mol. The molecule has 0 amide bonds. The lowest BCUT2D eigenvalue weighted by Gasteiger charge is -2.12. The zero-order chi connectivity index (χ0) is 17.5. The van der Waals surface area contributed by atoms with Gasteiger partial charge in [0.1, 0.15) is 11.4 Å². The summed E-state index contributed by atoms with van der Waals surface area (Å²) >= 11 is 1.99. The fourth-order valence-electron chi connectivity index (χ4n) is 2.29. The van der Waals surface area contributed by atoms with Crippen molar-refractivity contribution < 1.29 is 18.3 Å². The monoisotopic (exact) mass is 445 g/mol. The molecule has 0 spiro atoms. The number of aromatic nitrogens is 3. The summed E-state index contributed by atoms with van der Waals surface area (Å²) in [6.07, 6.45) is -3.46. The maximum atomic E-state index is 13.1. The lowest BCUT2D eigenvalue weighted by molar-refractivity contribution is -0.142. The van der Waals surface area contributed by atoms with Crippen LogP contribution in [0.15, 0.2) is 42.6 Å². The zero-order valence-corrected chi connectivity index (χ0v) is 14.5. The van der Waals surface area contributed by atoms with Gasteiger partial charge < -0.3 is 5.11 Å². The summed E-state index contributed by atoms with van der Waals surface area (Å²) in [6, 6.07) is 9.08. The molecule has 0 aliphatic carbocycles. The van der Waals surface area contributed by atoms with E-state index in [1.54, 1.807) is 18.2 Å². The fraction of sp³-hybridized carbons (Fsp3) is 0.125. The SMILES string of the molecule is Cc1ccc(O)c(-c2cc(I)cc(-n3nccc3C(F)(F)F)n2)c1. The summed E-state index contributed by atoms with van der Waals surface area (Å²) in [7, 11) is 0. The number of benzene rings is 1. The summed E-state index contributed by atoms with van der Waals surface area (Å²) in [6.45, 7) is 1.85. The molecule has 0 fully saturated rings. The first-order valence-corrected chi connectivity index (χ1v) is 7.93. The van der Waals surface area contributed by atoms with Gasteiger partial charge in [0.05, 0.1) is 11.9 Å². The van der Waals surface area contributed by atoms with Gasteiger partial charge in [-0.2, -0.15) is 18.3 Å². The average Bonchev–Trinajstić information content (AvgIpc) is 2.99. The Kier molecular flexibility index (Phi) is 4.24. The van der Waals surface area contributed by atoms with Gasteiger partial charge >= 0.3 is 6.18 Å². The highest BCUT2D eigenvalue weighted by Crippen LogP contribution is 2.33. The third-order valence-corrected chi connectivity index (χ3v) is 3.98. The Bertz CT molecular complexity index is 906. The minimum atomic E-state index is -4.54. The first-order valence-electron chi connectivity index (χ1n) is 6.85. The number of halogens is 4. The van der Waals surface area contributed by atoms with Gasteiger partial charge in [-0.25, -0.2) is 9.67 Å². The normalized spacial score (nSPS) is 11.7. The summed E-state index contributed by atoms with van der Waals surface area (Å²) in [5, 5.41) is 13.8. The summed E-state index contributed by atoms with van der Waals surface area (Å²) in [5.41, 5.74) is 0.828. The summed E-state index contributed by atoms with van der Waals surface area (Å²) in [5.74, 6) is 0.0488. The molecule has 0 aliphatic heterocycles. The quantitative estimate of drug-likeness (QED) is 0.589. The van der Waals surface area contributed by atoms with Crippen molar-refractivity contribution in [3.8, 4) is 22.8 Å². The van der Waals surface area contributed by atoms with Crippen LogP contribution in [0.3, 0.4) is 0 Å². The maximum Gasteiger partial charge on any atom is 0.433 e. The molecular formula is C16H11F3IN3O. The Morgan fingerprint density at radius 3 is 2.58 bits per heavy atom. The second-order valence-electron chi connectivity index (χ2n) is 5.18. The molecule has 4 nitrogen and oxygen atoms in total. The van der Waals surface area contributed by atoms with Crippen molar-refractivity contribution in [3.63, 3.8) is 0 Å². The van der Waals surface area contributed by atoms with Crippen molar-refractivity contribution >= 4 is 22.6 Å². The van der Waals surface area contributed by atoms with Gasteiger partial charge in [0, 0.05) is 9.13 Å². The number of phenolic OH excluding ortho intramolecular Hbond substituents is 1. The lowest BCUT2D eigenvalue weighted by atomic mass is 10.1. The second-order valence-corrected chi connectivity index (χ2v) is 6.42. The largest absolute Gasteiger partial charge is 0.507 e. The highest BCUT2D eigenvalue weighted by Gasteiger charge is 2.35. The number of pyridine rings is 1. The van der Waals surface area contributed by atoms with Crippen LogP contribution in [-0.2, 0) is 6.18 Å². The molecule has 1 aromatic carbocycles. The molecular weight excluding hydrogens is 434 g/mol. The topological polar surface area (TPSA) is 50.9 Å². The molecule has 0 atom stereocenters. The van der Waals surface area contributed by atoms with Crippen LogP contribution >= 0.6 is 22.6 Å². The van der Waals surface area contributed by atoms with Gasteiger partial charge in [0.2, 0.25) is 0 Å². The summed E-state index contributed by atoms with van der Waals surface area (Å²) < 4.78 is 40.7. The van der Waals surface area contributed by atoms with Crippen LogP contribution in [0.25, 0.3) is 17.1 Å². The predicted octanol–water partition coefficient (Wildman–Crippen LogP) is 4.57. The Hall–Kier alpha value is -2.10. The molecule has 0 saturated heterocycles. The molecule has 8 heteroatoms. The van der Waals surface area contributed by atoms with E-state index >= 15 is 0 Å². The van der Waals surface area contributed by atoms with E-state index in [-0.39, 0.29) is 11.6 Å². The Balaban J connectivity index is 2.18. The van der Waals surface area contributed by atoms with Crippen LogP contribution in [0.1, 0.15) is 11.3 Å². The van der Waals surface area contributed by atoms with E-state index < -0.39 is 11.9 Å². The minimum Gasteiger partial charge on any atom is -0.507 e. The van der Waals surface area contributed by atoms with E-state index in [4.69, 9.17) is 0 Å².